The lowest BCUT2D eigenvalue weighted by Gasteiger charge is -2.14. The lowest BCUT2D eigenvalue weighted by atomic mass is 10.1. The summed E-state index contributed by atoms with van der Waals surface area (Å²) >= 11 is 0. The fraction of sp³-hybridized carbons (Fsp3) is 0.241. The van der Waals surface area contributed by atoms with Gasteiger partial charge in [0.1, 0.15) is 18.2 Å². The Kier molecular flexibility index (Phi) is 8.34. The molecule has 0 atom stereocenters. The molecular formula is C29H30FN3O3. The minimum Gasteiger partial charge on any atom is -0.493 e. The van der Waals surface area contributed by atoms with Gasteiger partial charge in [-0.15, -0.1) is 6.58 Å². The molecule has 0 unspecified atom stereocenters. The number of aromatic nitrogens is 2. The van der Waals surface area contributed by atoms with E-state index in [0.717, 1.165) is 35.3 Å². The second kappa shape index (κ2) is 12.0. The molecule has 6 nitrogen and oxygen atoms in total. The molecule has 0 fully saturated rings. The standard InChI is InChI=1S/C29H30FN3O3/c1-3-7-21-11-16-26(27(20-21)35-2)36-19-18-33-25-9-5-4-8-24(25)32-28(33)10-6-17-31-29(34)22-12-14-23(30)15-13-22/h3-5,8-9,11-16,20H,1,6-7,10,17-19H2,2H3,(H,31,34). The molecule has 1 N–H and O–H groups in total. The van der Waals surface area contributed by atoms with Gasteiger partial charge in [0.05, 0.1) is 24.7 Å². The Morgan fingerprint density at radius 3 is 2.69 bits per heavy atom. The van der Waals surface area contributed by atoms with Gasteiger partial charge in [0, 0.05) is 18.5 Å². The summed E-state index contributed by atoms with van der Waals surface area (Å²) in [6.45, 7) is 5.34. The molecule has 1 aromatic heterocycles. The van der Waals surface area contributed by atoms with Crippen LogP contribution >= 0.6 is 0 Å². The van der Waals surface area contributed by atoms with Crippen LogP contribution in [-0.4, -0.2) is 35.7 Å². The fourth-order valence-corrected chi connectivity index (χ4v) is 4.09. The summed E-state index contributed by atoms with van der Waals surface area (Å²) in [6.07, 6.45) is 4.04. The first-order chi connectivity index (χ1) is 17.6. The number of fused-ring (bicyclic) bond motifs is 1. The number of carbonyl (C=O) groups excluding carboxylic acids is 1. The Bertz CT molecular complexity index is 1330. The van der Waals surface area contributed by atoms with Crippen LogP contribution in [0.1, 0.15) is 28.2 Å². The van der Waals surface area contributed by atoms with Crippen LogP contribution in [0.5, 0.6) is 11.5 Å². The topological polar surface area (TPSA) is 65.4 Å². The van der Waals surface area contributed by atoms with Crippen molar-refractivity contribution in [3.05, 3.63) is 102 Å². The highest BCUT2D eigenvalue weighted by atomic mass is 19.1. The van der Waals surface area contributed by atoms with Gasteiger partial charge in [-0.2, -0.15) is 0 Å². The molecule has 1 amide bonds. The van der Waals surface area contributed by atoms with Crippen molar-refractivity contribution in [1.29, 1.82) is 0 Å². The molecule has 0 aliphatic rings. The predicted octanol–water partition coefficient (Wildman–Crippen LogP) is 5.35. The molecule has 0 saturated heterocycles. The number of nitrogens with one attached hydrogen (secondary N) is 1. The Labute approximate surface area is 210 Å². The average Bonchev–Trinajstić information content (AvgIpc) is 3.25. The van der Waals surface area contributed by atoms with Crippen LogP contribution < -0.4 is 14.8 Å². The molecule has 36 heavy (non-hydrogen) atoms. The number of para-hydroxylation sites is 2. The number of benzene rings is 3. The van der Waals surface area contributed by atoms with E-state index in [1.165, 1.54) is 24.3 Å². The normalized spacial score (nSPS) is 10.8. The van der Waals surface area contributed by atoms with Crippen molar-refractivity contribution >= 4 is 16.9 Å². The molecule has 0 radical (unpaired) electrons. The number of rotatable bonds is 12. The molecule has 4 aromatic rings. The summed E-state index contributed by atoms with van der Waals surface area (Å²) in [4.78, 5) is 17.1. The highest BCUT2D eigenvalue weighted by molar-refractivity contribution is 5.94. The van der Waals surface area contributed by atoms with Crippen LogP contribution in [0, 0.1) is 5.82 Å². The molecule has 0 aliphatic carbocycles. The van der Waals surface area contributed by atoms with Gasteiger partial charge < -0.3 is 19.4 Å². The van der Waals surface area contributed by atoms with E-state index in [4.69, 9.17) is 14.5 Å². The summed E-state index contributed by atoms with van der Waals surface area (Å²) in [7, 11) is 1.64. The number of amides is 1. The number of allylic oxidation sites excluding steroid dienone is 1. The van der Waals surface area contributed by atoms with Gasteiger partial charge in [0.15, 0.2) is 11.5 Å². The summed E-state index contributed by atoms with van der Waals surface area (Å²) in [5, 5.41) is 2.89. The van der Waals surface area contributed by atoms with E-state index < -0.39 is 0 Å². The Balaban J connectivity index is 1.38. The molecule has 186 valence electrons. The number of carbonyl (C=O) groups is 1. The van der Waals surface area contributed by atoms with Crippen LogP contribution in [-0.2, 0) is 19.4 Å². The maximum Gasteiger partial charge on any atom is 0.251 e. The average molecular weight is 488 g/mol. The van der Waals surface area contributed by atoms with Crippen molar-refractivity contribution in [1.82, 2.24) is 14.9 Å². The van der Waals surface area contributed by atoms with Gasteiger partial charge in [-0.05, 0) is 66.9 Å². The Morgan fingerprint density at radius 1 is 1.11 bits per heavy atom. The lowest BCUT2D eigenvalue weighted by Crippen LogP contribution is -2.25. The number of hydrogen-bond acceptors (Lipinski definition) is 4. The monoisotopic (exact) mass is 487 g/mol. The molecule has 0 saturated carbocycles. The molecule has 0 aliphatic heterocycles. The van der Waals surface area contributed by atoms with E-state index >= 15 is 0 Å². The second-order valence-electron chi connectivity index (χ2n) is 8.36. The van der Waals surface area contributed by atoms with Crippen molar-refractivity contribution in [2.24, 2.45) is 0 Å². The third-order valence-corrected chi connectivity index (χ3v) is 5.88. The van der Waals surface area contributed by atoms with Gasteiger partial charge in [-0.3, -0.25) is 4.79 Å². The molecule has 7 heteroatoms. The fourth-order valence-electron chi connectivity index (χ4n) is 4.09. The van der Waals surface area contributed by atoms with Crippen LogP contribution in [0.15, 0.2) is 79.4 Å². The summed E-state index contributed by atoms with van der Waals surface area (Å²) in [5.74, 6) is 1.74. The Morgan fingerprint density at radius 2 is 1.92 bits per heavy atom. The van der Waals surface area contributed by atoms with E-state index in [1.54, 1.807) is 7.11 Å². The number of methoxy groups -OCH3 is 1. The highest BCUT2D eigenvalue weighted by Gasteiger charge is 2.12. The van der Waals surface area contributed by atoms with Crippen molar-refractivity contribution in [3.63, 3.8) is 0 Å². The Hall–Kier alpha value is -4.13. The zero-order chi connectivity index (χ0) is 25.3. The minimum absolute atomic E-state index is 0.218. The minimum atomic E-state index is -0.363. The summed E-state index contributed by atoms with van der Waals surface area (Å²) < 4.78 is 26.8. The van der Waals surface area contributed by atoms with Gasteiger partial charge in [0.25, 0.3) is 5.91 Å². The number of halogens is 1. The zero-order valence-corrected chi connectivity index (χ0v) is 20.4. The first-order valence-corrected chi connectivity index (χ1v) is 12.0. The van der Waals surface area contributed by atoms with Gasteiger partial charge in [0.2, 0.25) is 0 Å². The van der Waals surface area contributed by atoms with Crippen molar-refractivity contribution in [2.75, 3.05) is 20.3 Å². The number of ether oxygens (including phenoxy) is 2. The molecule has 4 rings (SSSR count). The van der Waals surface area contributed by atoms with Crippen LogP contribution in [0.4, 0.5) is 4.39 Å². The first kappa shape index (κ1) is 25.0. The van der Waals surface area contributed by atoms with Crippen molar-refractivity contribution in [3.8, 4) is 11.5 Å². The van der Waals surface area contributed by atoms with Crippen molar-refractivity contribution < 1.29 is 18.7 Å². The number of hydrogen-bond donors (Lipinski definition) is 1. The number of aryl methyl sites for hydroxylation is 1. The molecule has 3 aromatic carbocycles. The largest absolute Gasteiger partial charge is 0.493 e. The maximum absolute atomic E-state index is 13.1. The van der Waals surface area contributed by atoms with Crippen LogP contribution in [0.3, 0.4) is 0 Å². The van der Waals surface area contributed by atoms with Gasteiger partial charge in [-0.1, -0.05) is 24.3 Å². The second-order valence-corrected chi connectivity index (χ2v) is 8.36. The summed E-state index contributed by atoms with van der Waals surface area (Å²) in [6, 6.07) is 19.4. The molecule has 0 spiro atoms. The smallest absolute Gasteiger partial charge is 0.251 e. The van der Waals surface area contributed by atoms with E-state index in [2.05, 4.69) is 16.5 Å². The van der Waals surface area contributed by atoms with E-state index in [0.29, 0.717) is 43.2 Å². The predicted molar refractivity (Wildman–Crippen MR) is 139 cm³/mol. The van der Waals surface area contributed by atoms with Gasteiger partial charge >= 0.3 is 0 Å². The van der Waals surface area contributed by atoms with Crippen LogP contribution in [0.25, 0.3) is 11.0 Å². The third kappa shape index (κ3) is 6.10. The maximum atomic E-state index is 13.1. The van der Waals surface area contributed by atoms with E-state index in [9.17, 15) is 9.18 Å². The summed E-state index contributed by atoms with van der Waals surface area (Å²) in [5.41, 5.74) is 3.52. The molecule has 1 heterocycles. The number of nitrogens with zero attached hydrogens (tertiary/aromatic N) is 2. The number of imidazole rings is 1. The molecular weight excluding hydrogens is 457 g/mol. The van der Waals surface area contributed by atoms with Crippen molar-refractivity contribution in [2.45, 2.75) is 25.8 Å². The van der Waals surface area contributed by atoms with E-state index in [-0.39, 0.29) is 11.7 Å². The molecule has 0 bridgehead atoms. The lowest BCUT2D eigenvalue weighted by molar-refractivity contribution is 0.0953. The van der Waals surface area contributed by atoms with Crippen LogP contribution in [0.2, 0.25) is 0 Å². The third-order valence-electron chi connectivity index (χ3n) is 5.88. The quantitative estimate of drug-likeness (QED) is 0.216. The van der Waals surface area contributed by atoms with Gasteiger partial charge in [-0.25, -0.2) is 9.37 Å². The highest BCUT2D eigenvalue weighted by Crippen LogP contribution is 2.28. The zero-order valence-electron chi connectivity index (χ0n) is 20.4. The first-order valence-electron chi connectivity index (χ1n) is 12.0. The van der Waals surface area contributed by atoms with E-state index in [1.807, 2.05) is 48.5 Å². The SMILES string of the molecule is C=CCc1ccc(OCCn2c(CCCNC(=O)c3ccc(F)cc3)nc3ccccc32)c(OC)c1.